The first-order valence-electron chi connectivity index (χ1n) is 5.56. The lowest BCUT2D eigenvalue weighted by molar-refractivity contribution is 0.417. The van der Waals surface area contributed by atoms with E-state index in [1.165, 1.54) is 5.56 Å². The van der Waals surface area contributed by atoms with Crippen LogP contribution in [0.3, 0.4) is 0 Å². The number of nitrogen functional groups attached to an aromatic ring is 1. The van der Waals surface area contributed by atoms with Crippen molar-refractivity contribution in [3.8, 4) is 5.75 Å². The molecule has 0 unspecified atom stereocenters. The Kier molecular flexibility index (Phi) is 3.77. The summed E-state index contributed by atoms with van der Waals surface area (Å²) in [5.74, 6) is 0.673. The van der Waals surface area contributed by atoms with Crippen molar-refractivity contribution in [1.29, 1.82) is 0 Å². The van der Waals surface area contributed by atoms with Crippen LogP contribution in [-0.4, -0.2) is 7.11 Å². The largest absolute Gasteiger partial charge is 0.495 e. The van der Waals surface area contributed by atoms with E-state index in [1.807, 2.05) is 24.3 Å². The monoisotopic (exact) mass is 306 g/mol. The summed E-state index contributed by atoms with van der Waals surface area (Å²) in [7, 11) is 1.61. The van der Waals surface area contributed by atoms with Crippen molar-refractivity contribution in [1.82, 2.24) is 0 Å². The maximum atomic E-state index is 5.78. The highest BCUT2D eigenvalue weighted by molar-refractivity contribution is 9.10. The number of hydrogen-bond donors (Lipinski definition) is 2. The van der Waals surface area contributed by atoms with Crippen LogP contribution in [0.15, 0.2) is 40.9 Å². The van der Waals surface area contributed by atoms with E-state index in [-0.39, 0.29) is 0 Å². The Balaban J connectivity index is 2.28. The Hall–Kier alpha value is -1.68. The Morgan fingerprint density at radius 1 is 1.11 bits per heavy atom. The van der Waals surface area contributed by atoms with Crippen molar-refractivity contribution >= 4 is 33.0 Å². The first kappa shape index (κ1) is 12.8. The second-order valence-electron chi connectivity index (χ2n) is 4.10. The summed E-state index contributed by atoms with van der Waals surface area (Å²) >= 11 is 3.48. The first-order chi connectivity index (χ1) is 8.58. The van der Waals surface area contributed by atoms with Crippen LogP contribution in [-0.2, 0) is 0 Å². The minimum atomic E-state index is 0.633. The van der Waals surface area contributed by atoms with Crippen molar-refractivity contribution in [2.45, 2.75) is 6.92 Å². The van der Waals surface area contributed by atoms with Crippen LogP contribution in [0.4, 0.5) is 17.1 Å². The summed E-state index contributed by atoms with van der Waals surface area (Å²) in [5.41, 5.74) is 9.57. The summed E-state index contributed by atoms with van der Waals surface area (Å²) < 4.78 is 6.25. The second-order valence-corrected chi connectivity index (χ2v) is 5.01. The fraction of sp³-hybridized carbons (Fsp3) is 0.143. The standard InChI is InChI=1S/C14H15BrN2O/c1-9-5-10(15)7-12(6-9)17-11-3-4-13(16)14(8-11)18-2/h3-8,17H,16H2,1-2H3. The van der Waals surface area contributed by atoms with Gasteiger partial charge in [0.05, 0.1) is 12.8 Å². The molecule has 0 aliphatic carbocycles. The van der Waals surface area contributed by atoms with Crippen molar-refractivity contribution in [2.24, 2.45) is 0 Å². The molecule has 2 rings (SSSR count). The van der Waals surface area contributed by atoms with Gasteiger partial charge in [-0.2, -0.15) is 0 Å². The zero-order valence-electron chi connectivity index (χ0n) is 10.3. The highest BCUT2D eigenvalue weighted by Gasteiger charge is 2.02. The van der Waals surface area contributed by atoms with Gasteiger partial charge in [-0.25, -0.2) is 0 Å². The summed E-state index contributed by atoms with van der Waals surface area (Å²) in [6.07, 6.45) is 0. The van der Waals surface area contributed by atoms with Crippen LogP contribution >= 0.6 is 15.9 Å². The highest BCUT2D eigenvalue weighted by atomic mass is 79.9. The van der Waals surface area contributed by atoms with E-state index in [4.69, 9.17) is 10.5 Å². The van der Waals surface area contributed by atoms with Crippen LogP contribution < -0.4 is 15.8 Å². The number of anilines is 3. The number of halogens is 1. The minimum Gasteiger partial charge on any atom is -0.495 e. The summed E-state index contributed by atoms with van der Waals surface area (Å²) in [6.45, 7) is 2.06. The fourth-order valence-corrected chi connectivity index (χ4v) is 2.37. The molecule has 0 spiro atoms. The maximum Gasteiger partial charge on any atom is 0.143 e. The number of hydrogen-bond acceptors (Lipinski definition) is 3. The van der Waals surface area contributed by atoms with E-state index < -0.39 is 0 Å². The zero-order valence-corrected chi connectivity index (χ0v) is 11.9. The molecule has 0 bridgehead atoms. The number of nitrogens with one attached hydrogen (secondary N) is 1. The average molecular weight is 307 g/mol. The average Bonchev–Trinajstić information content (AvgIpc) is 2.30. The molecule has 4 heteroatoms. The van der Waals surface area contributed by atoms with E-state index in [1.54, 1.807) is 7.11 Å². The topological polar surface area (TPSA) is 47.3 Å². The Morgan fingerprint density at radius 2 is 1.89 bits per heavy atom. The fourth-order valence-electron chi connectivity index (χ4n) is 1.76. The molecule has 2 aromatic rings. The number of methoxy groups -OCH3 is 1. The molecule has 2 aromatic carbocycles. The number of benzene rings is 2. The maximum absolute atomic E-state index is 5.78. The molecule has 0 fully saturated rings. The van der Waals surface area contributed by atoms with Crippen molar-refractivity contribution < 1.29 is 4.74 Å². The third kappa shape index (κ3) is 2.96. The van der Waals surface area contributed by atoms with Gasteiger partial charge in [0.15, 0.2) is 0 Å². The first-order valence-corrected chi connectivity index (χ1v) is 6.35. The van der Waals surface area contributed by atoms with Crippen molar-refractivity contribution in [3.05, 3.63) is 46.4 Å². The van der Waals surface area contributed by atoms with Crippen molar-refractivity contribution in [3.63, 3.8) is 0 Å². The van der Waals surface area contributed by atoms with Gasteiger partial charge in [0.2, 0.25) is 0 Å². The van der Waals surface area contributed by atoms with E-state index in [0.717, 1.165) is 15.8 Å². The zero-order chi connectivity index (χ0) is 13.1. The molecule has 0 aliphatic rings. The molecule has 0 aliphatic heterocycles. The molecular formula is C14H15BrN2O. The Bertz CT molecular complexity index is 549. The molecule has 0 amide bonds. The van der Waals surface area contributed by atoms with Crippen LogP contribution in [0.1, 0.15) is 5.56 Å². The number of rotatable bonds is 3. The minimum absolute atomic E-state index is 0.633. The van der Waals surface area contributed by atoms with Gasteiger partial charge in [-0.05, 0) is 42.8 Å². The van der Waals surface area contributed by atoms with Crippen LogP contribution in [0.5, 0.6) is 5.75 Å². The quantitative estimate of drug-likeness (QED) is 0.840. The predicted octanol–water partition coefficient (Wildman–Crippen LogP) is 4.09. The normalized spacial score (nSPS) is 10.2. The number of ether oxygens (including phenoxy) is 1. The van der Waals surface area contributed by atoms with E-state index in [0.29, 0.717) is 11.4 Å². The highest BCUT2D eigenvalue weighted by Crippen LogP contribution is 2.28. The predicted molar refractivity (Wildman–Crippen MR) is 79.6 cm³/mol. The molecule has 0 saturated carbocycles. The van der Waals surface area contributed by atoms with E-state index in [2.05, 4.69) is 40.3 Å². The molecular weight excluding hydrogens is 292 g/mol. The van der Waals surface area contributed by atoms with Gasteiger partial charge in [0, 0.05) is 21.9 Å². The van der Waals surface area contributed by atoms with Gasteiger partial charge < -0.3 is 15.8 Å². The van der Waals surface area contributed by atoms with Gasteiger partial charge >= 0.3 is 0 Å². The van der Waals surface area contributed by atoms with Crippen LogP contribution in [0.25, 0.3) is 0 Å². The summed E-state index contributed by atoms with van der Waals surface area (Å²) in [4.78, 5) is 0. The van der Waals surface area contributed by atoms with E-state index >= 15 is 0 Å². The van der Waals surface area contributed by atoms with Crippen molar-refractivity contribution in [2.75, 3.05) is 18.2 Å². The third-order valence-electron chi connectivity index (χ3n) is 2.56. The molecule has 0 heterocycles. The van der Waals surface area contributed by atoms with Gasteiger partial charge in [0.25, 0.3) is 0 Å². The number of nitrogens with two attached hydrogens (primary N) is 1. The molecule has 0 saturated heterocycles. The van der Waals surface area contributed by atoms with Gasteiger partial charge in [-0.15, -0.1) is 0 Å². The lowest BCUT2D eigenvalue weighted by atomic mass is 10.2. The van der Waals surface area contributed by atoms with Gasteiger partial charge in [-0.1, -0.05) is 15.9 Å². The van der Waals surface area contributed by atoms with E-state index in [9.17, 15) is 0 Å². The third-order valence-corrected chi connectivity index (χ3v) is 3.02. The lowest BCUT2D eigenvalue weighted by Crippen LogP contribution is -1.95. The molecule has 94 valence electrons. The summed E-state index contributed by atoms with van der Waals surface area (Å²) in [6, 6.07) is 11.8. The summed E-state index contributed by atoms with van der Waals surface area (Å²) in [5, 5.41) is 3.32. The molecule has 3 nitrogen and oxygen atoms in total. The lowest BCUT2D eigenvalue weighted by Gasteiger charge is -2.11. The second kappa shape index (κ2) is 5.31. The molecule has 3 N–H and O–H groups in total. The van der Waals surface area contributed by atoms with Gasteiger partial charge in [-0.3, -0.25) is 0 Å². The number of aryl methyl sites for hydroxylation is 1. The Labute approximate surface area is 115 Å². The molecule has 0 atom stereocenters. The SMILES string of the molecule is COc1cc(Nc2cc(C)cc(Br)c2)ccc1N. The van der Waals surface area contributed by atoms with Crippen LogP contribution in [0, 0.1) is 6.92 Å². The molecule has 0 radical (unpaired) electrons. The Morgan fingerprint density at radius 3 is 2.56 bits per heavy atom. The van der Waals surface area contributed by atoms with Crippen LogP contribution in [0.2, 0.25) is 0 Å². The smallest absolute Gasteiger partial charge is 0.143 e. The molecule has 0 aromatic heterocycles. The molecule has 18 heavy (non-hydrogen) atoms. The van der Waals surface area contributed by atoms with Gasteiger partial charge in [0.1, 0.15) is 5.75 Å².